The highest BCUT2D eigenvalue weighted by molar-refractivity contribution is 5.32. The van der Waals surface area contributed by atoms with Gasteiger partial charge in [-0.15, -0.1) is 0 Å². The summed E-state index contributed by atoms with van der Waals surface area (Å²) in [6.45, 7) is 13.6. The van der Waals surface area contributed by atoms with Gasteiger partial charge in [-0.2, -0.15) is 0 Å². The highest BCUT2D eigenvalue weighted by Gasteiger charge is 2.70. The molecule has 8 rings (SSSR count). The first kappa shape index (κ1) is 62.8. The smallest absolute Gasteiger partial charge is 0.187 e. The molecule has 8 aliphatic rings. The highest BCUT2D eigenvalue weighted by atomic mass is 16.8. The Labute approximate surface area is 455 Å². The second-order valence-electron chi connectivity index (χ2n) is 25.9. The molecule has 0 spiro atoms. The van der Waals surface area contributed by atoms with E-state index >= 15 is 0 Å². The lowest BCUT2D eigenvalue weighted by Crippen LogP contribution is -2.65. The Bertz CT molecular complexity index is 2030. The van der Waals surface area contributed by atoms with Crippen LogP contribution < -0.4 is 0 Å². The predicted octanol–water partition coefficient (Wildman–Crippen LogP) is -3.23. The average Bonchev–Trinajstić information content (AvgIpc) is 2.93. The number of ether oxygens (including phenoxy) is 8. The largest absolute Gasteiger partial charge is 0.394 e. The molecule has 30 atom stereocenters. The molecule has 3 saturated carbocycles. The van der Waals surface area contributed by atoms with Gasteiger partial charge in [-0.3, -0.25) is 0 Å². The molecule has 7 fully saturated rings. The van der Waals surface area contributed by atoms with E-state index in [4.69, 9.17) is 37.9 Å². The second kappa shape index (κ2) is 23.7. The second-order valence-corrected chi connectivity index (χ2v) is 25.9. The first-order valence-electron chi connectivity index (χ1n) is 28.0. The molecule has 4 aliphatic heterocycles. The maximum absolute atomic E-state index is 12.7. The van der Waals surface area contributed by atoms with Gasteiger partial charge in [0.2, 0.25) is 0 Å². The summed E-state index contributed by atoms with van der Waals surface area (Å²) in [5.41, 5.74) is -2.12. The van der Waals surface area contributed by atoms with Gasteiger partial charge in [0, 0.05) is 10.8 Å². The Morgan fingerprint density at radius 2 is 1.09 bits per heavy atom. The van der Waals surface area contributed by atoms with Crippen LogP contribution >= 0.6 is 0 Å². The predicted molar refractivity (Wildman–Crippen MR) is 268 cm³/mol. The first-order chi connectivity index (χ1) is 36.4. The number of fused-ring (bicyclic) bond motifs is 5. The van der Waals surface area contributed by atoms with Crippen LogP contribution in [0.25, 0.3) is 0 Å². The topological polar surface area (TPSA) is 398 Å². The Morgan fingerprint density at radius 1 is 0.590 bits per heavy atom. The van der Waals surface area contributed by atoms with Gasteiger partial charge in [-0.05, 0) is 99.7 Å². The Kier molecular flexibility index (Phi) is 19.1. The summed E-state index contributed by atoms with van der Waals surface area (Å²) in [5, 5.41) is 172. The van der Waals surface area contributed by atoms with Gasteiger partial charge in [0.1, 0.15) is 97.7 Å². The Hall–Kier alpha value is -1.22. The van der Waals surface area contributed by atoms with E-state index in [1.165, 1.54) is 0 Å². The van der Waals surface area contributed by atoms with Gasteiger partial charge >= 0.3 is 0 Å². The SMILES string of the molecule is C[C@H](CC[C@@H](O[C@@H]1O[C@H](CO)[C@@H](O)[C@H](O)[C@H]1O[C@H]1O[C@@H](CO)[C@H](O)[C@@H](O)[C@@H]1O)C(C)(C)O)[C@H]1CC[C@@]2(C)[C@@H]3CC=C4[C@@H](CC[C@H](O[C@@H]5O[C@H](CO[C@@H]6O[C@H](CO)[C@@H](O)[C@H](O)[C@H]6O)[C@@H](O)[C@H](O)[C@H]5O)C4(C)C)[C@]3(C)[C@H](O)C[C@]12C. The van der Waals surface area contributed by atoms with Crippen molar-refractivity contribution in [3.63, 3.8) is 0 Å². The van der Waals surface area contributed by atoms with Crippen molar-refractivity contribution in [1.82, 2.24) is 0 Å². The molecule has 4 aliphatic carbocycles. The third-order valence-corrected chi connectivity index (χ3v) is 20.8. The molecular formula is C54H92O24. The van der Waals surface area contributed by atoms with Crippen LogP contribution in [-0.2, 0) is 37.9 Å². The maximum atomic E-state index is 12.7. The minimum absolute atomic E-state index is 0.0338. The zero-order valence-electron chi connectivity index (χ0n) is 46.1. The molecule has 0 bridgehead atoms. The molecule has 0 aromatic rings. The summed E-state index contributed by atoms with van der Waals surface area (Å²) in [5.74, 6) is 0.236. The van der Waals surface area contributed by atoms with Crippen molar-refractivity contribution < 1.29 is 120 Å². The fraction of sp³-hybridized carbons (Fsp3) is 0.963. The quantitative estimate of drug-likeness (QED) is 0.0637. The molecule has 0 radical (unpaired) electrons. The van der Waals surface area contributed by atoms with Crippen LogP contribution in [0.2, 0.25) is 0 Å². The fourth-order valence-electron chi connectivity index (χ4n) is 15.6. The van der Waals surface area contributed by atoms with Crippen molar-refractivity contribution in [2.24, 2.45) is 45.3 Å². The van der Waals surface area contributed by atoms with E-state index in [1.807, 2.05) is 0 Å². The zero-order chi connectivity index (χ0) is 57.5. The Balaban J connectivity index is 0.940. The van der Waals surface area contributed by atoms with Crippen molar-refractivity contribution in [3.05, 3.63) is 11.6 Å². The van der Waals surface area contributed by atoms with Gasteiger partial charge in [0.25, 0.3) is 0 Å². The van der Waals surface area contributed by atoms with Gasteiger partial charge in [0.05, 0.1) is 50.3 Å². The Morgan fingerprint density at radius 3 is 1.65 bits per heavy atom. The number of aliphatic hydroxyl groups is 16. The van der Waals surface area contributed by atoms with E-state index in [1.54, 1.807) is 13.8 Å². The molecule has 452 valence electrons. The van der Waals surface area contributed by atoms with E-state index in [9.17, 15) is 81.7 Å². The third kappa shape index (κ3) is 11.0. The first-order valence-corrected chi connectivity index (χ1v) is 28.0. The molecule has 4 heterocycles. The number of aliphatic hydroxyl groups excluding tert-OH is 15. The molecule has 0 aromatic carbocycles. The molecule has 78 heavy (non-hydrogen) atoms. The molecule has 24 heteroatoms. The summed E-state index contributed by atoms with van der Waals surface area (Å²) >= 11 is 0. The van der Waals surface area contributed by atoms with Crippen molar-refractivity contribution in [3.8, 4) is 0 Å². The van der Waals surface area contributed by atoms with Gasteiger partial charge in [-0.1, -0.05) is 53.2 Å². The van der Waals surface area contributed by atoms with Crippen LogP contribution in [0.4, 0.5) is 0 Å². The third-order valence-electron chi connectivity index (χ3n) is 20.8. The number of hydrogen-bond acceptors (Lipinski definition) is 24. The van der Waals surface area contributed by atoms with Crippen molar-refractivity contribution in [2.45, 2.75) is 253 Å². The summed E-state index contributed by atoms with van der Waals surface area (Å²) in [7, 11) is 0. The van der Waals surface area contributed by atoms with E-state index in [-0.39, 0.29) is 40.9 Å². The molecule has 0 aromatic heterocycles. The van der Waals surface area contributed by atoms with Gasteiger partial charge in [-0.25, -0.2) is 0 Å². The zero-order valence-corrected chi connectivity index (χ0v) is 46.1. The van der Waals surface area contributed by atoms with Crippen LogP contribution in [0.1, 0.15) is 107 Å². The summed E-state index contributed by atoms with van der Waals surface area (Å²) in [6.07, 6.45) is -26.9. The summed E-state index contributed by atoms with van der Waals surface area (Å²) in [6, 6.07) is 0. The maximum Gasteiger partial charge on any atom is 0.187 e. The summed E-state index contributed by atoms with van der Waals surface area (Å²) < 4.78 is 47.5. The normalized spacial score (nSPS) is 51.4. The van der Waals surface area contributed by atoms with E-state index in [2.05, 4.69) is 47.6 Å². The van der Waals surface area contributed by atoms with Crippen LogP contribution in [0.3, 0.4) is 0 Å². The molecule has 0 unspecified atom stereocenters. The lowest BCUT2D eigenvalue weighted by molar-refractivity contribution is -0.375. The minimum atomic E-state index is -1.85. The summed E-state index contributed by atoms with van der Waals surface area (Å²) in [4.78, 5) is 0. The van der Waals surface area contributed by atoms with Crippen LogP contribution in [0.15, 0.2) is 11.6 Å². The molecule has 4 saturated heterocycles. The lowest BCUT2D eigenvalue weighted by atomic mass is 9.38. The minimum Gasteiger partial charge on any atom is -0.394 e. The van der Waals surface area contributed by atoms with Crippen LogP contribution in [0.5, 0.6) is 0 Å². The highest BCUT2D eigenvalue weighted by Crippen LogP contribution is 2.75. The van der Waals surface area contributed by atoms with Crippen molar-refractivity contribution in [2.75, 3.05) is 26.4 Å². The molecule has 24 nitrogen and oxygen atoms in total. The number of rotatable bonds is 17. The molecule has 16 N–H and O–H groups in total. The fourth-order valence-corrected chi connectivity index (χ4v) is 15.6. The van der Waals surface area contributed by atoms with E-state index < -0.39 is 184 Å². The lowest BCUT2D eigenvalue weighted by Gasteiger charge is -2.67. The monoisotopic (exact) mass is 1120 g/mol. The van der Waals surface area contributed by atoms with Gasteiger partial charge in [0.15, 0.2) is 25.2 Å². The van der Waals surface area contributed by atoms with E-state index in [0.717, 1.165) is 18.4 Å². The number of hydrogen-bond donors (Lipinski definition) is 16. The molecule has 0 amide bonds. The average molecular weight is 1130 g/mol. The standard InChI is InChI=1S/C54H92O24/c1-22(9-13-33(51(4,5)70)77-49-45(41(66)36(61)28(20-57)74-49)78-48-44(69)39(64)35(60)27(19-56)73-48)23-15-16-52(6)30-12-10-24-25(54(30,8)31(58)17-53(23,52)7)11-14-32(50(24,2)3)76-47-43(68)40(65)37(62)29(75-47)21-71-46-42(67)38(63)34(59)26(18-55)72-46/h10,22-23,25-49,55-70H,9,11-21H2,1-8H3/t22-,23-,25-,26-,27+,28-,29-,30+,31-,32+,33-,34-,35+,36-,37-,38+,39-,40+,41+,42-,43-,44+,45-,46-,47+,48-,49+,52+,53-,54+/m1/s1. The van der Waals surface area contributed by atoms with Gasteiger partial charge < -0.3 is 120 Å². The van der Waals surface area contributed by atoms with Crippen molar-refractivity contribution >= 4 is 0 Å². The van der Waals surface area contributed by atoms with Crippen LogP contribution in [-0.4, -0.2) is 255 Å². The van der Waals surface area contributed by atoms with E-state index in [0.29, 0.717) is 32.1 Å². The number of allylic oxidation sites excluding steroid dienone is 1. The molecular weight excluding hydrogens is 1030 g/mol. The van der Waals surface area contributed by atoms with Crippen LogP contribution in [0, 0.1) is 45.3 Å². The van der Waals surface area contributed by atoms with Crippen molar-refractivity contribution in [1.29, 1.82) is 0 Å².